The van der Waals surface area contributed by atoms with Crippen LogP contribution in [0.25, 0.3) is 0 Å². The first-order valence-electron chi connectivity index (χ1n) is 10.3. The van der Waals surface area contributed by atoms with Crippen LogP contribution < -0.4 is 19.5 Å². The van der Waals surface area contributed by atoms with Crippen LogP contribution in [0.1, 0.15) is 18.1 Å². The van der Waals surface area contributed by atoms with Crippen LogP contribution in [0.2, 0.25) is 10.0 Å². The molecule has 0 bridgehead atoms. The number of ether oxygens (including phenoxy) is 2. The van der Waals surface area contributed by atoms with Crippen molar-refractivity contribution in [3.63, 3.8) is 0 Å². The van der Waals surface area contributed by atoms with Crippen LogP contribution in [0.3, 0.4) is 0 Å². The van der Waals surface area contributed by atoms with E-state index in [4.69, 9.17) is 32.7 Å². The molecule has 3 rings (SSSR count). The quantitative estimate of drug-likeness (QED) is 0.374. The van der Waals surface area contributed by atoms with Gasteiger partial charge in [-0.3, -0.25) is 4.79 Å². The normalized spacial score (nSPS) is 13.0. The number of rotatable bonds is 9. The summed E-state index contributed by atoms with van der Waals surface area (Å²) in [4.78, 5) is 12.3. The monoisotopic (exact) mass is 538 g/mol. The fourth-order valence-corrected chi connectivity index (χ4v) is 4.97. The molecule has 1 atom stereocenters. The van der Waals surface area contributed by atoms with Gasteiger partial charge in [-0.2, -0.15) is 0 Å². The second-order valence-electron chi connectivity index (χ2n) is 7.64. The first-order valence-corrected chi connectivity index (χ1v) is 12.5. The summed E-state index contributed by atoms with van der Waals surface area (Å²) in [5.41, 5.74) is -0.396. The lowest BCUT2D eigenvalue weighted by molar-refractivity contribution is -0.117. The van der Waals surface area contributed by atoms with Gasteiger partial charge in [-0.1, -0.05) is 41.4 Å². The summed E-state index contributed by atoms with van der Waals surface area (Å²) in [6.45, 7) is 1.15. The number of benzene rings is 3. The van der Waals surface area contributed by atoms with Gasteiger partial charge in [0.1, 0.15) is 5.60 Å². The van der Waals surface area contributed by atoms with Crippen LogP contribution in [0.15, 0.2) is 65.6 Å². The number of amides is 1. The van der Waals surface area contributed by atoms with Crippen molar-refractivity contribution in [2.24, 2.45) is 0 Å². The molecule has 1 unspecified atom stereocenters. The molecule has 0 saturated heterocycles. The van der Waals surface area contributed by atoms with E-state index in [0.717, 1.165) is 0 Å². The summed E-state index contributed by atoms with van der Waals surface area (Å²) in [5, 5.41) is 14.9. The predicted octanol–water partition coefficient (Wildman–Crippen LogP) is 4.18. The molecule has 0 aliphatic heterocycles. The molecule has 0 saturated carbocycles. The zero-order valence-corrected chi connectivity index (χ0v) is 21.5. The predicted molar refractivity (Wildman–Crippen MR) is 135 cm³/mol. The van der Waals surface area contributed by atoms with Crippen LogP contribution >= 0.6 is 23.2 Å². The van der Waals surface area contributed by atoms with Gasteiger partial charge in [0.25, 0.3) is 15.9 Å². The number of anilines is 1. The Hall–Kier alpha value is -2.98. The topological polar surface area (TPSA) is 114 Å². The summed E-state index contributed by atoms with van der Waals surface area (Å²) in [6, 6.07) is 15.5. The molecule has 3 N–H and O–H groups in total. The molecule has 186 valence electrons. The van der Waals surface area contributed by atoms with Crippen molar-refractivity contribution in [1.82, 2.24) is 4.72 Å². The SMILES string of the molecule is COc1ccc(S(=O)(=O)NC(=O)CNc2ccc(Cl)cc2C(C)(O)c2ccccc2Cl)cc1OC. The maximum absolute atomic E-state index is 12.7. The summed E-state index contributed by atoms with van der Waals surface area (Å²) in [5.74, 6) is -0.271. The summed E-state index contributed by atoms with van der Waals surface area (Å²) in [7, 11) is -1.38. The lowest BCUT2D eigenvalue weighted by Gasteiger charge is -2.28. The molecule has 3 aromatic rings. The second kappa shape index (κ2) is 10.7. The minimum atomic E-state index is -4.18. The summed E-state index contributed by atoms with van der Waals surface area (Å²) < 4.78 is 37.6. The van der Waals surface area contributed by atoms with Gasteiger partial charge in [0, 0.05) is 32.9 Å². The van der Waals surface area contributed by atoms with Crippen LogP contribution in [0.4, 0.5) is 5.69 Å². The van der Waals surface area contributed by atoms with E-state index < -0.39 is 28.1 Å². The van der Waals surface area contributed by atoms with E-state index in [0.29, 0.717) is 32.6 Å². The number of nitrogens with one attached hydrogen (secondary N) is 2. The third kappa shape index (κ3) is 5.99. The van der Waals surface area contributed by atoms with Crippen LogP contribution in [-0.4, -0.2) is 40.2 Å². The van der Waals surface area contributed by atoms with Gasteiger partial charge >= 0.3 is 0 Å². The van der Waals surface area contributed by atoms with Crippen molar-refractivity contribution in [2.45, 2.75) is 17.4 Å². The fraction of sp³-hybridized carbons (Fsp3) is 0.208. The molecular weight excluding hydrogens is 515 g/mol. The van der Waals surface area contributed by atoms with Crippen LogP contribution in [-0.2, 0) is 20.4 Å². The zero-order valence-electron chi connectivity index (χ0n) is 19.1. The van der Waals surface area contributed by atoms with Gasteiger partial charge in [-0.05, 0) is 43.3 Å². The number of aliphatic hydroxyl groups is 1. The highest BCUT2D eigenvalue weighted by Crippen LogP contribution is 2.38. The Balaban J connectivity index is 1.80. The Morgan fingerprint density at radius 1 is 0.971 bits per heavy atom. The number of methoxy groups -OCH3 is 2. The van der Waals surface area contributed by atoms with Crippen molar-refractivity contribution in [2.75, 3.05) is 26.1 Å². The molecule has 0 radical (unpaired) electrons. The van der Waals surface area contributed by atoms with E-state index in [1.807, 2.05) is 4.72 Å². The van der Waals surface area contributed by atoms with Crippen molar-refractivity contribution in [1.29, 1.82) is 0 Å². The van der Waals surface area contributed by atoms with E-state index in [1.165, 1.54) is 32.4 Å². The number of halogens is 2. The van der Waals surface area contributed by atoms with E-state index >= 15 is 0 Å². The van der Waals surface area contributed by atoms with Crippen molar-refractivity contribution >= 4 is 44.8 Å². The number of hydrogen-bond acceptors (Lipinski definition) is 7. The minimum absolute atomic E-state index is 0.169. The Morgan fingerprint density at radius 3 is 2.31 bits per heavy atom. The summed E-state index contributed by atoms with van der Waals surface area (Å²) >= 11 is 12.5. The van der Waals surface area contributed by atoms with Crippen molar-refractivity contribution in [3.05, 3.63) is 81.8 Å². The van der Waals surface area contributed by atoms with E-state index in [2.05, 4.69) is 5.32 Å². The lowest BCUT2D eigenvalue weighted by atomic mass is 9.87. The number of hydrogen-bond donors (Lipinski definition) is 3. The molecule has 0 aliphatic rings. The fourth-order valence-electron chi connectivity index (χ4n) is 3.48. The second-order valence-corrected chi connectivity index (χ2v) is 10.2. The average molecular weight is 539 g/mol. The molecule has 0 spiro atoms. The third-order valence-electron chi connectivity index (χ3n) is 5.26. The maximum atomic E-state index is 12.7. The molecule has 0 aromatic heterocycles. The highest BCUT2D eigenvalue weighted by atomic mass is 35.5. The molecule has 8 nitrogen and oxygen atoms in total. The van der Waals surface area contributed by atoms with Crippen LogP contribution in [0.5, 0.6) is 11.5 Å². The molecule has 11 heteroatoms. The van der Waals surface area contributed by atoms with Crippen molar-refractivity contribution < 1.29 is 27.8 Å². The number of carbonyl (C=O) groups excluding carboxylic acids is 1. The molecule has 0 aliphatic carbocycles. The van der Waals surface area contributed by atoms with E-state index in [9.17, 15) is 18.3 Å². The highest BCUT2D eigenvalue weighted by molar-refractivity contribution is 7.90. The minimum Gasteiger partial charge on any atom is -0.493 e. The third-order valence-corrected chi connectivity index (χ3v) is 7.19. The first kappa shape index (κ1) is 26.6. The first-order chi connectivity index (χ1) is 16.5. The molecule has 0 fully saturated rings. The average Bonchev–Trinajstić information content (AvgIpc) is 2.82. The Bertz CT molecular complexity index is 1350. The Labute approximate surface area is 213 Å². The van der Waals surface area contributed by atoms with Crippen molar-refractivity contribution in [3.8, 4) is 11.5 Å². The molecule has 35 heavy (non-hydrogen) atoms. The maximum Gasteiger partial charge on any atom is 0.264 e. The molecule has 1 amide bonds. The van der Waals surface area contributed by atoms with Gasteiger partial charge in [-0.25, -0.2) is 13.1 Å². The highest BCUT2D eigenvalue weighted by Gasteiger charge is 2.31. The molecule has 0 heterocycles. The molecule has 3 aromatic carbocycles. The van der Waals surface area contributed by atoms with Gasteiger partial charge < -0.3 is 19.9 Å². The smallest absolute Gasteiger partial charge is 0.264 e. The largest absolute Gasteiger partial charge is 0.493 e. The molecular formula is C24H24Cl2N2O6S. The standard InChI is InChI=1S/C24H24Cl2N2O6S/c1-24(30,17-6-4-5-7-19(17)26)18-12-15(25)8-10-20(18)27-14-23(29)28-35(31,32)16-9-11-21(33-2)22(13-16)34-3/h4-13,27,30H,14H2,1-3H3,(H,28,29). The lowest BCUT2D eigenvalue weighted by Crippen LogP contribution is -2.35. The zero-order chi connectivity index (χ0) is 25.8. The van der Waals surface area contributed by atoms with E-state index in [-0.39, 0.29) is 10.6 Å². The van der Waals surface area contributed by atoms with Gasteiger partial charge in [0.15, 0.2) is 11.5 Å². The number of sulfonamides is 1. The van der Waals surface area contributed by atoms with Gasteiger partial charge in [0.2, 0.25) is 0 Å². The Kier molecular flexibility index (Phi) is 8.17. The van der Waals surface area contributed by atoms with Gasteiger partial charge in [-0.15, -0.1) is 0 Å². The van der Waals surface area contributed by atoms with E-state index in [1.54, 1.807) is 49.4 Å². The Morgan fingerprint density at radius 2 is 1.66 bits per heavy atom. The van der Waals surface area contributed by atoms with Crippen LogP contribution in [0, 0.1) is 0 Å². The summed E-state index contributed by atoms with van der Waals surface area (Å²) in [6.07, 6.45) is 0. The number of carbonyl (C=O) groups is 1. The van der Waals surface area contributed by atoms with Gasteiger partial charge in [0.05, 0.1) is 25.7 Å².